The molecule has 2 heterocycles. The molecule has 0 aliphatic carbocycles. The highest BCUT2D eigenvalue weighted by Crippen LogP contribution is 2.36. The molecule has 2 aromatic carbocycles. The van der Waals surface area contributed by atoms with Crippen molar-refractivity contribution in [2.75, 3.05) is 7.05 Å². The molecule has 0 unspecified atom stereocenters. The summed E-state index contributed by atoms with van der Waals surface area (Å²) in [6.45, 7) is 0. The van der Waals surface area contributed by atoms with Gasteiger partial charge in [-0.3, -0.25) is 20.6 Å². The van der Waals surface area contributed by atoms with E-state index in [1.807, 2.05) is 0 Å². The second-order valence-electron chi connectivity index (χ2n) is 7.33. The normalized spacial score (nSPS) is 11.5. The molecule has 0 saturated carbocycles. The number of rotatable bonds is 4. The van der Waals surface area contributed by atoms with E-state index in [-0.39, 0.29) is 32.4 Å². The third-order valence-electron chi connectivity index (χ3n) is 5.19. The highest BCUT2D eigenvalue weighted by atomic mass is 19.3. The molecule has 0 aliphatic rings. The van der Waals surface area contributed by atoms with Gasteiger partial charge in [0.2, 0.25) is 0 Å². The van der Waals surface area contributed by atoms with Crippen molar-refractivity contribution in [1.82, 2.24) is 20.1 Å². The molecule has 2 aromatic heterocycles. The maximum absolute atomic E-state index is 15.3. The van der Waals surface area contributed by atoms with Crippen LogP contribution >= 0.6 is 0 Å². The number of hydrogen-bond donors (Lipinski definition) is 3. The van der Waals surface area contributed by atoms with Gasteiger partial charge in [0, 0.05) is 30.3 Å². The van der Waals surface area contributed by atoms with Crippen LogP contribution in [0.1, 0.15) is 15.9 Å². The van der Waals surface area contributed by atoms with Gasteiger partial charge >= 0.3 is 5.92 Å². The van der Waals surface area contributed by atoms with Gasteiger partial charge in [-0.25, -0.2) is 13.2 Å². The number of nitrogens with zero attached hydrogens (tertiary/aromatic N) is 3. The van der Waals surface area contributed by atoms with Crippen LogP contribution in [-0.4, -0.2) is 33.6 Å². The van der Waals surface area contributed by atoms with Crippen LogP contribution < -0.4 is 10.8 Å². The average molecular weight is 486 g/mol. The topological polar surface area (TPSA) is 108 Å². The van der Waals surface area contributed by atoms with Gasteiger partial charge in [-0.1, -0.05) is 6.07 Å². The largest absolute Gasteiger partial charge is 0.355 e. The molecule has 0 saturated heterocycles. The molecule has 4 aromatic rings. The fourth-order valence-electron chi connectivity index (χ4n) is 3.43. The molecule has 4 rings (SSSR count). The van der Waals surface area contributed by atoms with Gasteiger partial charge in [0.1, 0.15) is 28.5 Å². The zero-order chi connectivity index (χ0) is 25.5. The molecule has 0 fully saturated rings. The van der Waals surface area contributed by atoms with E-state index in [4.69, 9.17) is 10.8 Å². The Morgan fingerprint density at radius 2 is 1.80 bits per heavy atom. The van der Waals surface area contributed by atoms with Crippen LogP contribution in [0.4, 0.5) is 22.0 Å². The Morgan fingerprint density at radius 3 is 2.49 bits per heavy atom. The molecule has 0 aliphatic heterocycles. The van der Waals surface area contributed by atoms with Crippen LogP contribution in [0.2, 0.25) is 0 Å². The minimum atomic E-state index is -4.54. The summed E-state index contributed by atoms with van der Waals surface area (Å²) in [4.78, 5) is 15.4. The molecule has 12 heteroatoms. The highest BCUT2D eigenvalue weighted by molar-refractivity contribution is 5.95. The van der Waals surface area contributed by atoms with Gasteiger partial charge in [-0.2, -0.15) is 18.6 Å². The van der Waals surface area contributed by atoms with Crippen molar-refractivity contribution >= 4 is 22.6 Å². The average Bonchev–Trinajstić information content (AvgIpc) is 2.83. The Hall–Kier alpha value is -4.48. The van der Waals surface area contributed by atoms with E-state index in [2.05, 4.69) is 15.4 Å². The van der Waals surface area contributed by atoms with Crippen LogP contribution in [-0.2, 0) is 5.92 Å². The summed E-state index contributed by atoms with van der Waals surface area (Å²) >= 11 is 0. The maximum Gasteiger partial charge on any atom is 0.336 e. The number of hydrogen-bond acceptors (Lipinski definition) is 5. The zero-order valence-electron chi connectivity index (χ0n) is 17.8. The number of carbonyl (C=O) groups excluding carboxylic acids is 1. The highest BCUT2D eigenvalue weighted by Gasteiger charge is 2.45. The summed E-state index contributed by atoms with van der Waals surface area (Å²) in [5.74, 6) is -11.1. The van der Waals surface area contributed by atoms with E-state index in [0.29, 0.717) is 6.07 Å². The second kappa shape index (κ2) is 8.70. The fourth-order valence-corrected chi connectivity index (χ4v) is 3.43. The van der Waals surface area contributed by atoms with E-state index in [9.17, 15) is 18.0 Å². The summed E-state index contributed by atoms with van der Waals surface area (Å²) in [5.41, 5.74) is -2.92. The van der Waals surface area contributed by atoms with Crippen molar-refractivity contribution in [3.8, 4) is 11.3 Å². The SMILES string of the molecule is CNC(=O)c1ccc(-c2ccc(=N)n(C(=N)C(F)(F)c3c(F)cc4ncccc4c3F)n2)cc1F. The van der Waals surface area contributed by atoms with E-state index in [0.717, 1.165) is 24.3 Å². The Balaban J connectivity index is 1.80. The third kappa shape index (κ3) is 4.03. The predicted octanol–water partition coefficient (Wildman–Crippen LogP) is 3.97. The first kappa shape index (κ1) is 23.7. The van der Waals surface area contributed by atoms with Gasteiger partial charge < -0.3 is 5.32 Å². The maximum atomic E-state index is 15.3. The summed E-state index contributed by atoms with van der Waals surface area (Å²) < 4.78 is 74.6. The summed E-state index contributed by atoms with van der Waals surface area (Å²) in [7, 11) is 1.32. The van der Waals surface area contributed by atoms with Crippen LogP contribution in [0.15, 0.2) is 54.7 Å². The van der Waals surface area contributed by atoms with E-state index >= 15 is 8.78 Å². The molecule has 3 N–H and O–H groups in total. The number of fused-ring (bicyclic) bond motifs is 1. The molecule has 0 radical (unpaired) electrons. The number of alkyl halides is 2. The fraction of sp³-hybridized carbons (Fsp3) is 0.0870. The quantitative estimate of drug-likeness (QED) is 0.231. The number of benzene rings is 2. The van der Waals surface area contributed by atoms with E-state index in [1.165, 1.54) is 31.4 Å². The van der Waals surface area contributed by atoms with Crippen molar-refractivity contribution in [2.45, 2.75) is 5.92 Å². The molecule has 35 heavy (non-hydrogen) atoms. The van der Waals surface area contributed by atoms with Crippen LogP contribution in [0, 0.1) is 28.3 Å². The monoisotopic (exact) mass is 486 g/mol. The predicted molar refractivity (Wildman–Crippen MR) is 116 cm³/mol. The minimum absolute atomic E-state index is 0.0501. The lowest BCUT2D eigenvalue weighted by Crippen LogP contribution is -2.40. The standard InChI is InChI=1S/C23H15F5N6O/c1-31-21(35)12-5-4-11(9-14(12)24)16-6-7-18(29)34(33-16)22(30)23(27,28)19-15(25)10-17-13(20(19)26)3-2-8-32-17/h2-10,29-30H,1H3,(H,31,35). The van der Waals surface area contributed by atoms with Gasteiger partial charge in [0.05, 0.1) is 16.8 Å². The summed E-state index contributed by atoms with van der Waals surface area (Å²) in [5, 5.41) is 21.6. The van der Waals surface area contributed by atoms with Gasteiger partial charge in [-0.15, -0.1) is 0 Å². The lowest BCUT2D eigenvalue weighted by molar-refractivity contribution is 0.0613. The van der Waals surface area contributed by atoms with E-state index in [1.54, 1.807) is 0 Å². The zero-order valence-corrected chi connectivity index (χ0v) is 17.8. The number of amides is 1. The lowest BCUT2D eigenvalue weighted by Gasteiger charge is -2.21. The van der Waals surface area contributed by atoms with Crippen LogP contribution in [0.3, 0.4) is 0 Å². The van der Waals surface area contributed by atoms with Crippen molar-refractivity contribution in [1.29, 1.82) is 10.8 Å². The summed E-state index contributed by atoms with van der Waals surface area (Å²) in [6, 6.07) is 8.64. The van der Waals surface area contributed by atoms with Crippen molar-refractivity contribution < 1.29 is 26.7 Å². The third-order valence-corrected chi connectivity index (χ3v) is 5.19. The first-order chi connectivity index (χ1) is 16.6. The van der Waals surface area contributed by atoms with Gasteiger partial charge in [-0.05, 0) is 36.4 Å². The number of pyridine rings is 1. The van der Waals surface area contributed by atoms with Crippen molar-refractivity contribution in [3.63, 3.8) is 0 Å². The Kier molecular flexibility index (Phi) is 5.89. The molecular weight excluding hydrogens is 471 g/mol. The molecular formula is C23H15F5N6O. The molecule has 178 valence electrons. The Bertz CT molecular complexity index is 1570. The minimum Gasteiger partial charge on any atom is -0.355 e. The number of aromatic nitrogens is 3. The molecule has 1 amide bonds. The molecule has 0 atom stereocenters. The molecule has 0 bridgehead atoms. The number of carbonyl (C=O) groups is 1. The first-order valence-corrected chi connectivity index (χ1v) is 9.93. The molecule has 0 spiro atoms. The van der Waals surface area contributed by atoms with Gasteiger partial charge in [0.25, 0.3) is 5.91 Å². The number of halogens is 5. The smallest absolute Gasteiger partial charge is 0.336 e. The molecule has 7 nitrogen and oxygen atoms in total. The lowest BCUT2D eigenvalue weighted by atomic mass is 10.0. The summed E-state index contributed by atoms with van der Waals surface area (Å²) in [6.07, 6.45) is 1.24. The second-order valence-corrected chi connectivity index (χ2v) is 7.33. The van der Waals surface area contributed by atoms with E-state index < -0.39 is 46.2 Å². The van der Waals surface area contributed by atoms with Crippen molar-refractivity contribution in [2.24, 2.45) is 0 Å². The number of nitrogens with one attached hydrogen (secondary N) is 3. The van der Waals surface area contributed by atoms with Gasteiger partial charge in [0.15, 0.2) is 5.84 Å². The van der Waals surface area contributed by atoms with Crippen LogP contribution in [0.5, 0.6) is 0 Å². The first-order valence-electron chi connectivity index (χ1n) is 9.93. The Morgan fingerprint density at radius 1 is 1.06 bits per heavy atom. The Labute approximate surface area is 193 Å². The van der Waals surface area contributed by atoms with Crippen LogP contribution in [0.25, 0.3) is 22.2 Å². The van der Waals surface area contributed by atoms with Crippen molar-refractivity contribution in [3.05, 3.63) is 88.8 Å².